The Labute approximate surface area is 152 Å². The van der Waals surface area contributed by atoms with Crippen LogP contribution in [0.25, 0.3) is 0 Å². The standard InChI is InChI=1S/C21H20O5/c1-2-5-16(12-21(22)23)15-8-10-17(11-9-15)24-13-18-14-25-19-6-3-4-7-20(19)26-18/h3-4,6-11,16,18H,12-14H2,1H3,(H,22,23)/t16-,18-/m0/s1. The molecule has 0 aliphatic carbocycles. The monoisotopic (exact) mass is 352 g/mol. The number of ether oxygens (including phenoxy) is 3. The molecular weight excluding hydrogens is 332 g/mol. The Kier molecular flexibility index (Phi) is 5.65. The van der Waals surface area contributed by atoms with Gasteiger partial charge in [0.15, 0.2) is 17.6 Å². The van der Waals surface area contributed by atoms with Crippen LogP contribution in [-0.4, -0.2) is 30.4 Å². The highest BCUT2D eigenvalue weighted by atomic mass is 16.6. The Morgan fingerprint density at radius 2 is 1.96 bits per heavy atom. The first-order valence-electron chi connectivity index (χ1n) is 8.41. The van der Waals surface area contributed by atoms with Crippen LogP contribution >= 0.6 is 0 Å². The number of aliphatic carboxylic acids is 1. The minimum atomic E-state index is -0.868. The Bertz CT molecular complexity index is 816. The van der Waals surface area contributed by atoms with Gasteiger partial charge in [0.1, 0.15) is 19.0 Å². The summed E-state index contributed by atoms with van der Waals surface area (Å²) in [5.74, 6) is 6.69. The van der Waals surface area contributed by atoms with E-state index in [-0.39, 0.29) is 18.4 Å². The molecule has 0 unspecified atom stereocenters. The molecule has 0 bridgehead atoms. The number of hydrogen-bond donors (Lipinski definition) is 1. The third kappa shape index (κ3) is 4.48. The molecule has 0 spiro atoms. The average molecular weight is 352 g/mol. The summed E-state index contributed by atoms with van der Waals surface area (Å²) in [5.41, 5.74) is 0.861. The van der Waals surface area contributed by atoms with E-state index in [1.165, 1.54) is 0 Å². The van der Waals surface area contributed by atoms with Crippen LogP contribution in [0.2, 0.25) is 0 Å². The molecule has 5 nitrogen and oxygen atoms in total. The highest BCUT2D eigenvalue weighted by molar-refractivity contribution is 5.69. The minimum Gasteiger partial charge on any atom is -0.490 e. The van der Waals surface area contributed by atoms with Crippen molar-refractivity contribution in [1.29, 1.82) is 0 Å². The number of carboxylic acid groups (broad SMARTS) is 1. The highest BCUT2D eigenvalue weighted by Crippen LogP contribution is 2.31. The first kappa shape index (κ1) is 17.7. The third-order valence-corrected chi connectivity index (χ3v) is 3.98. The van der Waals surface area contributed by atoms with E-state index < -0.39 is 5.97 Å². The lowest BCUT2D eigenvalue weighted by Gasteiger charge is -2.26. The summed E-state index contributed by atoms with van der Waals surface area (Å²) in [5, 5.41) is 9.01. The van der Waals surface area contributed by atoms with Gasteiger partial charge in [0, 0.05) is 0 Å². The van der Waals surface area contributed by atoms with E-state index in [1.54, 1.807) is 6.92 Å². The molecule has 26 heavy (non-hydrogen) atoms. The van der Waals surface area contributed by atoms with E-state index in [4.69, 9.17) is 19.3 Å². The molecule has 1 N–H and O–H groups in total. The zero-order valence-corrected chi connectivity index (χ0v) is 14.5. The second-order valence-corrected chi connectivity index (χ2v) is 5.92. The van der Waals surface area contributed by atoms with Gasteiger partial charge in [-0.1, -0.05) is 30.2 Å². The normalized spacial score (nSPS) is 16.1. The van der Waals surface area contributed by atoms with E-state index in [1.807, 2.05) is 48.5 Å². The van der Waals surface area contributed by atoms with Crippen molar-refractivity contribution in [3.05, 3.63) is 54.1 Å². The molecule has 2 aromatic carbocycles. The van der Waals surface area contributed by atoms with Gasteiger partial charge in [-0.2, -0.15) is 0 Å². The summed E-state index contributed by atoms with van der Waals surface area (Å²) < 4.78 is 17.3. The number of benzene rings is 2. The summed E-state index contributed by atoms with van der Waals surface area (Å²) in [6, 6.07) is 14.9. The van der Waals surface area contributed by atoms with Crippen molar-refractivity contribution in [2.24, 2.45) is 0 Å². The molecule has 0 amide bonds. The van der Waals surface area contributed by atoms with Crippen LogP contribution in [-0.2, 0) is 4.79 Å². The van der Waals surface area contributed by atoms with Crippen LogP contribution in [0.4, 0.5) is 0 Å². The van der Waals surface area contributed by atoms with Gasteiger partial charge in [-0.15, -0.1) is 5.92 Å². The lowest BCUT2D eigenvalue weighted by atomic mass is 9.96. The molecule has 0 radical (unpaired) electrons. The quantitative estimate of drug-likeness (QED) is 0.806. The summed E-state index contributed by atoms with van der Waals surface area (Å²) in [6.07, 6.45) is -0.205. The van der Waals surface area contributed by atoms with Gasteiger partial charge in [-0.05, 0) is 36.8 Å². The van der Waals surface area contributed by atoms with Crippen molar-refractivity contribution in [1.82, 2.24) is 0 Å². The number of rotatable bonds is 6. The average Bonchev–Trinajstić information content (AvgIpc) is 2.66. The molecule has 2 aromatic rings. The van der Waals surface area contributed by atoms with Gasteiger partial charge in [0.2, 0.25) is 0 Å². The first-order valence-corrected chi connectivity index (χ1v) is 8.41. The van der Waals surface area contributed by atoms with E-state index in [0.29, 0.717) is 19.0 Å². The van der Waals surface area contributed by atoms with E-state index in [2.05, 4.69) is 11.8 Å². The molecule has 5 heteroatoms. The van der Waals surface area contributed by atoms with Crippen LogP contribution in [0, 0.1) is 11.8 Å². The highest BCUT2D eigenvalue weighted by Gasteiger charge is 2.21. The van der Waals surface area contributed by atoms with Crippen molar-refractivity contribution in [3.63, 3.8) is 0 Å². The predicted octanol–water partition coefficient (Wildman–Crippen LogP) is 3.49. The van der Waals surface area contributed by atoms with E-state index in [0.717, 1.165) is 17.1 Å². The predicted molar refractivity (Wildman–Crippen MR) is 96.7 cm³/mol. The van der Waals surface area contributed by atoms with E-state index in [9.17, 15) is 4.79 Å². The third-order valence-electron chi connectivity index (χ3n) is 3.98. The van der Waals surface area contributed by atoms with Crippen molar-refractivity contribution in [2.75, 3.05) is 13.2 Å². The molecule has 2 atom stereocenters. The van der Waals surface area contributed by atoms with Gasteiger partial charge in [0.05, 0.1) is 12.3 Å². The SMILES string of the molecule is CC#C[C@@H](CC(=O)O)c1ccc(OC[C@H]2COc3ccccc3O2)cc1. The van der Waals surface area contributed by atoms with Crippen LogP contribution in [0.3, 0.4) is 0 Å². The van der Waals surface area contributed by atoms with Crippen LogP contribution < -0.4 is 14.2 Å². The van der Waals surface area contributed by atoms with Crippen molar-refractivity contribution < 1.29 is 24.1 Å². The second-order valence-electron chi connectivity index (χ2n) is 5.92. The number of carbonyl (C=O) groups is 1. The van der Waals surface area contributed by atoms with Crippen LogP contribution in [0.15, 0.2) is 48.5 Å². The Morgan fingerprint density at radius 3 is 2.65 bits per heavy atom. The Hall–Kier alpha value is -3.13. The summed E-state index contributed by atoms with van der Waals surface area (Å²) in [7, 11) is 0. The molecule has 1 heterocycles. The molecule has 0 saturated heterocycles. The van der Waals surface area contributed by atoms with Gasteiger partial charge in [-0.3, -0.25) is 4.79 Å². The molecule has 1 aliphatic heterocycles. The maximum atomic E-state index is 11.0. The number of carboxylic acids is 1. The lowest BCUT2D eigenvalue weighted by molar-refractivity contribution is -0.137. The number of hydrogen-bond acceptors (Lipinski definition) is 4. The zero-order chi connectivity index (χ0) is 18.4. The fraction of sp³-hybridized carbons (Fsp3) is 0.286. The maximum absolute atomic E-state index is 11.0. The zero-order valence-electron chi connectivity index (χ0n) is 14.5. The molecule has 0 saturated carbocycles. The molecule has 0 fully saturated rings. The number of fused-ring (bicyclic) bond motifs is 1. The van der Waals surface area contributed by atoms with Gasteiger partial charge >= 0.3 is 5.97 Å². The molecule has 0 aromatic heterocycles. The summed E-state index contributed by atoms with van der Waals surface area (Å²) in [6.45, 7) is 2.50. The Balaban J connectivity index is 1.58. The molecular formula is C21H20O5. The summed E-state index contributed by atoms with van der Waals surface area (Å²) in [4.78, 5) is 11.0. The number of para-hydroxylation sites is 2. The van der Waals surface area contributed by atoms with Crippen LogP contribution in [0.1, 0.15) is 24.8 Å². The fourth-order valence-corrected chi connectivity index (χ4v) is 2.73. The van der Waals surface area contributed by atoms with Gasteiger partial charge < -0.3 is 19.3 Å². The summed E-state index contributed by atoms with van der Waals surface area (Å²) >= 11 is 0. The smallest absolute Gasteiger partial charge is 0.304 e. The van der Waals surface area contributed by atoms with E-state index >= 15 is 0 Å². The topological polar surface area (TPSA) is 65.0 Å². The van der Waals surface area contributed by atoms with Crippen molar-refractivity contribution in [3.8, 4) is 29.1 Å². The van der Waals surface area contributed by atoms with Gasteiger partial charge in [0.25, 0.3) is 0 Å². The molecule has 1 aliphatic rings. The van der Waals surface area contributed by atoms with Crippen LogP contribution in [0.5, 0.6) is 17.2 Å². The van der Waals surface area contributed by atoms with Crippen molar-refractivity contribution in [2.45, 2.75) is 25.4 Å². The molecule has 134 valence electrons. The Morgan fingerprint density at radius 1 is 1.23 bits per heavy atom. The first-order chi connectivity index (χ1) is 12.7. The van der Waals surface area contributed by atoms with Gasteiger partial charge in [-0.25, -0.2) is 0 Å². The lowest BCUT2D eigenvalue weighted by Crippen LogP contribution is -2.34. The van der Waals surface area contributed by atoms with Crippen molar-refractivity contribution >= 4 is 5.97 Å². The largest absolute Gasteiger partial charge is 0.490 e. The minimum absolute atomic E-state index is 0.0201. The molecule has 3 rings (SSSR count). The fourth-order valence-electron chi connectivity index (χ4n) is 2.73. The maximum Gasteiger partial charge on any atom is 0.304 e. The second kappa shape index (κ2) is 8.30.